The highest BCUT2D eigenvalue weighted by Crippen LogP contribution is 2.20. The third-order valence-electron chi connectivity index (χ3n) is 2.30. The Balaban J connectivity index is 2.22. The molecule has 0 bridgehead atoms. The number of aromatic amines is 1. The minimum Gasteiger partial charge on any atom is -0.285 e. The van der Waals surface area contributed by atoms with Crippen LogP contribution >= 0.6 is 0 Å². The van der Waals surface area contributed by atoms with Crippen molar-refractivity contribution in [1.29, 1.82) is 0 Å². The molecule has 0 aliphatic heterocycles. The van der Waals surface area contributed by atoms with Gasteiger partial charge < -0.3 is 0 Å². The van der Waals surface area contributed by atoms with Gasteiger partial charge in [0, 0.05) is 24.2 Å². The van der Waals surface area contributed by atoms with Gasteiger partial charge in [-0.15, -0.1) is 0 Å². The first-order chi connectivity index (χ1) is 7.43. The van der Waals surface area contributed by atoms with Gasteiger partial charge in [-0.25, -0.2) is 0 Å². The first-order valence-corrected chi connectivity index (χ1v) is 4.63. The van der Waals surface area contributed by atoms with Crippen molar-refractivity contribution >= 4 is 11.0 Å². The minimum absolute atomic E-state index is 0.899. The van der Waals surface area contributed by atoms with E-state index in [9.17, 15) is 0 Å². The van der Waals surface area contributed by atoms with Gasteiger partial charge in [-0.05, 0) is 17.7 Å². The second-order valence-electron chi connectivity index (χ2n) is 3.25. The smallest absolute Gasteiger partial charge is 0.0892 e. The Morgan fingerprint density at radius 1 is 0.933 bits per heavy atom. The van der Waals surface area contributed by atoms with Gasteiger partial charge in [0.2, 0.25) is 0 Å². The van der Waals surface area contributed by atoms with Crippen LogP contribution in [0.25, 0.3) is 22.2 Å². The molecule has 3 rings (SSSR count). The summed E-state index contributed by atoms with van der Waals surface area (Å²) in [6.07, 6.45) is 7.04. The highest BCUT2D eigenvalue weighted by atomic mass is 15.1. The monoisotopic (exact) mass is 196 g/mol. The van der Waals surface area contributed by atoms with E-state index in [1.165, 1.54) is 0 Å². The third-order valence-corrected chi connectivity index (χ3v) is 2.30. The van der Waals surface area contributed by atoms with E-state index in [2.05, 4.69) is 20.2 Å². The number of hydrogen-bond acceptors (Lipinski definition) is 3. The zero-order chi connectivity index (χ0) is 10.1. The number of H-pyrrole nitrogens is 1. The van der Waals surface area contributed by atoms with Crippen molar-refractivity contribution in [3.8, 4) is 11.1 Å². The summed E-state index contributed by atoms with van der Waals surface area (Å²) in [6, 6.07) is 5.99. The molecule has 0 atom stereocenters. The average Bonchev–Trinajstić information content (AvgIpc) is 2.82. The maximum Gasteiger partial charge on any atom is 0.0892 e. The maximum atomic E-state index is 4.26. The molecule has 2 aromatic heterocycles. The molecule has 0 unspecified atom stereocenters. The molecule has 0 fully saturated rings. The van der Waals surface area contributed by atoms with E-state index in [0.29, 0.717) is 0 Å². The van der Waals surface area contributed by atoms with Crippen LogP contribution in [0.3, 0.4) is 0 Å². The van der Waals surface area contributed by atoms with Crippen LogP contribution in [0.4, 0.5) is 0 Å². The van der Waals surface area contributed by atoms with Crippen molar-refractivity contribution in [2.75, 3.05) is 0 Å². The fourth-order valence-corrected chi connectivity index (χ4v) is 1.55. The Kier molecular flexibility index (Phi) is 1.71. The van der Waals surface area contributed by atoms with Crippen molar-refractivity contribution in [2.24, 2.45) is 0 Å². The number of hydrogen-bond donors (Lipinski definition) is 1. The number of nitrogens with zero attached hydrogens (tertiary/aromatic N) is 3. The number of nitrogens with one attached hydrogen (secondary N) is 1. The summed E-state index contributed by atoms with van der Waals surface area (Å²) in [5.41, 5.74) is 3.96. The van der Waals surface area contributed by atoms with Gasteiger partial charge in [0.1, 0.15) is 0 Å². The van der Waals surface area contributed by atoms with Crippen LogP contribution in [0, 0.1) is 0 Å². The molecule has 0 aliphatic carbocycles. The molecule has 15 heavy (non-hydrogen) atoms. The molecule has 0 saturated carbocycles. The summed E-state index contributed by atoms with van der Waals surface area (Å²) < 4.78 is 0. The Morgan fingerprint density at radius 3 is 2.60 bits per heavy atom. The quantitative estimate of drug-likeness (QED) is 0.647. The lowest BCUT2D eigenvalue weighted by Crippen LogP contribution is -1.82. The molecule has 4 nitrogen and oxygen atoms in total. The van der Waals surface area contributed by atoms with Crippen LogP contribution in [-0.4, -0.2) is 20.2 Å². The van der Waals surface area contributed by atoms with Crippen molar-refractivity contribution in [2.45, 2.75) is 0 Å². The number of benzene rings is 1. The number of fused-ring (bicyclic) bond motifs is 1. The lowest BCUT2D eigenvalue weighted by Gasteiger charge is -1.99. The Morgan fingerprint density at radius 2 is 1.80 bits per heavy atom. The molecule has 0 aliphatic rings. The molecule has 1 N–H and O–H groups in total. The average molecular weight is 196 g/mol. The number of aromatic nitrogens is 4. The van der Waals surface area contributed by atoms with Gasteiger partial charge in [-0.2, -0.15) is 5.10 Å². The van der Waals surface area contributed by atoms with Gasteiger partial charge in [-0.3, -0.25) is 15.1 Å². The van der Waals surface area contributed by atoms with Gasteiger partial charge in [0.25, 0.3) is 0 Å². The van der Waals surface area contributed by atoms with Crippen LogP contribution in [0.15, 0.2) is 43.0 Å². The number of rotatable bonds is 1. The van der Waals surface area contributed by atoms with Gasteiger partial charge in [0.05, 0.1) is 17.2 Å². The molecule has 72 valence electrons. The largest absolute Gasteiger partial charge is 0.285 e. The van der Waals surface area contributed by atoms with Crippen LogP contribution in [0.2, 0.25) is 0 Å². The Bertz CT molecular complexity index is 586. The molecule has 0 spiro atoms. The van der Waals surface area contributed by atoms with E-state index >= 15 is 0 Å². The van der Waals surface area contributed by atoms with Crippen LogP contribution < -0.4 is 0 Å². The first kappa shape index (κ1) is 8.11. The Hall–Kier alpha value is -2.23. The summed E-state index contributed by atoms with van der Waals surface area (Å²) in [5, 5.41) is 6.71. The maximum absolute atomic E-state index is 4.26. The fourth-order valence-electron chi connectivity index (χ4n) is 1.55. The van der Waals surface area contributed by atoms with E-state index in [-0.39, 0.29) is 0 Å². The summed E-state index contributed by atoms with van der Waals surface area (Å²) in [5.74, 6) is 0. The highest BCUT2D eigenvalue weighted by molar-refractivity contribution is 5.80. The molecule has 0 amide bonds. The topological polar surface area (TPSA) is 54.5 Å². The van der Waals surface area contributed by atoms with E-state index in [0.717, 1.165) is 22.2 Å². The summed E-state index contributed by atoms with van der Waals surface area (Å²) in [6.45, 7) is 0. The van der Waals surface area contributed by atoms with Crippen molar-refractivity contribution in [3.05, 3.63) is 43.0 Å². The van der Waals surface area contributed by atoms with E-state index in [1.807, 2.05) is 24.4 Å². The predicted molar refractivity (Wildman–Crippen MR) is 57.1 cm³/mol. The molecular weight excluding hydrogens is 188 g/mol. The first-order valence-electron chi connectivity index (χ1n) is 4.63. The zero-order valence-corrected chi connectivity index (χ0v) is 7.88. The lowest BCUT2D eigenvalue weighted by atomic mass is 10.1. The Labute approximate surface area is 86.0 Å². The van der Waals surface area contributed by atoms with Crippen molar-refractivity contribution in [3.63, 3.8) is 0 Å². The standard InChI is InChI=1S/C11H8N4/c1-2-10-11(13-4-3-12-10)5-8(1)9-6-14-15-7-9/h1-7H,(H,14,15). The lowest BCUT2D eigenvalue weighted by molar-refractivity contribution is 1.09. The minimum atomic E-state index is 0.899. The second-order valence-corrected chi connectivity index (χ2v) is 3.25. The third kappa shape index (κ3) is 1.36. The molecule has 1 aromatic carbocycles. The fraction of sp³-hybridized carbons (Fsp3) is 0. The summed E-state index contributed by atoms with van der Waals surface area (Å²) in [7, 11) is 0. The van der Waals surface area contributed by atoms with Crippen LogP contribution in [0.5, 0.6) is 0 Å². The second kappa shape index (κ2) is 3.16. The molecular formula is C11H8N4. The normalized spacial score (nSPS) is 10.7. The molecule has 4 heteroatoms. The molecule has 3 aromatic rings. The van der Waals surface area contributed by atoms with Gasteiger partial charge >= 0.3 is 0 Å². The van der Waals surface area contributed by atoms with Crippen LogP contribution in [0.1, 0.15) is 0 Å². The molecule has 0 saturated heterocycles. The highest BCUT2D eigenvalue weighted by Gasteiger charge is 2.01. The van der Waals surface area contributed by atoms with Crippen molar-refractivity contribution in [1.82, 2.24) is 20.2 Å². The van der Waals surface area contributed by atoms with Crippen LogP contribution in [-0.2, 0) is 0 Å². The zero-order valence-electron chi connectivity index (χ0n) is 7.88. The SMILES string of the molecule is c1cnc2cc(-c3cn[nH]c3)ccc2n1. The van der Waals surface area contributed by atoms with E-state index in [1.54, 1.807) is 18.6 Å². The van der Waals surface area contributed by atoms with E-state index in [4.69, 9.17) is 0 Å². The van der Waals surface area contributed by atoms with Crippen molar-refractivity contribution < 1.29 is 0 Å². The van der Waals surface area contributed by atoms with Gasteiger partial charge in [0.15, 0.2) is 0 Å². The summed E-state index contributed by atoms with van der Waals surface area (Å²) in [4.78, 5) is 8.48. The molecule has 2 heterocycles. The summed E-state index contributed by atoms with van der Waals surface area (Å²) >= 11 is 0. The predicted octanol–water partition coefficient (Wildman–Crippen LogP) is 2.02. The molecule has 0 radical (unpaired) electrons. The van der Waals surface area contributed by atoms with E-state index < -0.39 is 0 Å². The van der Waals surface area contributed by atoms with Gasteiger partial charge in [-0.1, -0.05) is 6.07 Å².